The first kappa shape index (κ1) is 13.3. The van der Waals surface area contributed by atoms with E-state index in [9.17, 15) is 4.79 Å². The second kappa shape index (κ2) is 6.74. The van der Waals surface area contributed by atoms with Crippen LogP contribution in [0.1, 0.15) is 13.3 Å². The number of rotatable bonds is 5. The Morgan fingerprint density at radius 3 is 2.50 bits per heavy atom. The first-order valence-electron chi connectivity index (χ1n) is 5.09. The number of carbonyl (C=O) groups is 1. The third-order valence-electron chi connectivity index (χ3n) is 2.01. The molecule has 0 spiro atoms. The van der Waals surface area contributed by atoms with Gasteiger partial charge in [0.25, 0.3) is 0 Å². The van der Waals surface area contributed by atoms with E-state index in [0.29, 0.717) is 28.7 Å². The van der Waals surface area contributed by atoms with Crippen molar-refractivity contribution in [2.45, 2.75) is 13.3 Å². The van der Waals surface area contributed by atoms with E-state index in [2.05, 4.69) is 10.6 Å². The Kier molecular flexibility index (Phi) is 5.60. The van der Waals surface area contributed by atoms with Gasteiger partial charge in [-0.05, 0) is 18.7 Å². The highest BCUT2D eigenvalue weighted by molar-refractivity contribution is 6.39. The molecule has 1 amide bonds. The second-order valence-corrected chi connectivity index (χ2v) is 4.06. The molecular weight excluding hydrogens is 247 g/mol. The number of hydrogen-bond donors (Lipinski definition) is 2. The van der Waals surface area contributed by atoms with Crippen LogP contribution >= 0.6 is 23.2 Å². The monoisotopic (exact) mass is 260 g/mol. The number of anilines is 1. The van der Waals surface area contributed by atoms with Crippen LogP contribution in [0.2, 0.25) is 10.0 Å². The van der Waals surface area contributed by atoms with Gasteiger partial charge in [-0.15, -0.1) is 0 Å². The molecule has 0 unspecified atom stereocenters. The van der Waals surface area contributed by atoms with Gasteiger partial charge in [-0.25, -0.2) is 0 Å². The van der Waals surface area contributed by atoms with Gasteiger partial charge in [0.2, 0.25) is 5.91 Å². The molecule has 5 heteroatoms. The molecule has 0 saturated heterocycles. The Labute approximate surface area is 105 Å². The minimum atomic E-state index is -0.101. The number of para-hydroxylation sites is 1. The average molecular weight is 261 g/mol. The molecule has 1 rings (SSSR count). The Morgan fingerprint density at radius 2 is 1.94 bits per heavy atom. The lowest BCUT2D eigenvalue weighted by molar-refractivity contribution is -0.116. The van der Waals surface area contributed by atoms with E-state index < -0.39 is 0 Å². The fourth-order valence-electron chi connectivity index (χ4n) is 1.20. The molecule has 1 aromatic rings. The highest BCUT2D eigenvalue weighted by atomic mass is 35.5. The maximum absolute atomic E-state index is 11.5. The van der Waals surface area contributed by atoms with Crippen LogP contribution in [0, 0.1) is 0 Å². The predicted octanol–water partition coefficient (Wildman–Crippen LogP) is 2.93. The lowest BCUT2D eigenvalue weighted by Crippen LogP contribution is -2.21. The molecule has 1 aromatic carbocycles. The van der Waals surface area contributed by atoms with Crippen molar-refractivity contribution in [3.63, 3.8) is 0 Å². The molecule has 0 saturated carbocycles. The van der Waals surface area contributed by atoms with E-state index in [-0.39, 0.29) is 5.91 Å². The van der Waals surface area contributed by atoms with Gasteiger partial charge in [0, 0.05) is 13.0 Å². The quantitative estimate of drug-likeness (QED) is 0.800. The van der Waals surface area contributed by atoms with Gasteiger partial charge >= 0.3 is 0 Å². The molecule has 0 bridgehead atoms. The SMILES string of the molecule is CCNCCC(=O)Nc1c(Cl)cccc1Cl. The molecule has 0 atom stereocenters. The number of amides is 1. The Balaban J connectivity index is 2.56. The number of benzene rings is 1. The van der Waals surface area contributed by atoms with Gasteiger partial charge in [0.1, 0.15) is 0 Å². The molecule has 3 nitrogen and oxygen atoms in total. The van der Waals surface area contributed by atoms with Crippen molar-refractivity contribution < 1.29 is 4.79 Å². The summed E-state index contributed by atoms with van der Waals surface area (Å²) in [4.78, 5) is 11.5. The summed E-state index contributed by atoms with van der Waals surface area (Å²) in [6, 6.07) is 5.11. The summed E-state index contributed by atoms with van der Waals surface area (Å²) in [6.45, 7) is 3.48. The van der Waals surface area contributed by atoms with Crippen molar-refractivity contribution in [3.8, 4) is 0 Å². The third kappa shape index (κ3) is 4.00. The van der Waals surface area contributed by atoms with Gasteiger partial charge in [0.05, 0.1) is 15.7 Å². The Hall–Kier alpha value is -0.770. The molecule has 0 aromatic heterocycles. The van der Waals surface area contributed by atoms with Crippen molar-refractivity contribution in [2.24, 2.45) is 0 Å². The summed E-state index contributed by atoms with van der Waals surface area (Å²) in [6.07, 6.45) is 0.398. The average Bonchev–Trinajstić information content (AvgIpc) is 2.24. The smallest absolute Gasteiger partial charge is 0.225 e. The van der Waals surface area contributed by atoms with E-state index in [0.717, 1.165) is 6.54 Å². The van der Waals surface area contributed by atoms with E-state index in [1.54, 1.807) is 18.2 Å². The molecule has 2 N–H and O–H groups in total. The fourth-order valence-corrected chi connectivity index (χ4v) is 1.69. The van der Waals surface area contributed by atoms with Crippen LogP contribution in [0.4, 0.5) is 5.69 Å². The predicted molar refractivity (Wildman–Crippen MR) is 68.3 cm³/mol. The molecule has 0 heterocycles. The Morgan fingerprint density at radius 1 is 1.31 bits per heavy atom. The van der Waals surface area contributed by atoms with Gasteiger partial charge in [-0.3, -0.25) is 4.79 Å². The van der Waals surface area contributed by atoms with Crippen molar-refractivity contribution in [2.75, 3.05) is 18.4 Å². The lowest BCUT2D eigenvalue weighted by Gasteiger charge is -2.09. The van der Waals surface area contributed by atoms with Crippen molar-refractivity contribution in [1.29, 1.82) is 0 Å². The highest BCUT2D eigenvalue weighted by Crippen LogP contribution is 2.29. The molecule has 0 radical (unpaired) electrons. The summed E-state index contributed by atoms with van der Waals surface area (Å²) >= 11 is 11.8. The van der Waals surface area contributed by atoms with Crippen LogP contribution in [0.25, 0.3) is 0 Å². The maximum Gasteiger partial charge on any atom is 0.225 e. The van der Waals surface area contributed by atoms with Crippen LogP contribution < -0.4 is 10.6 Å². The van der Waals surface area contributed by atoms with E-state index in [1.165, 1.54) is 0 Å². The fraction of sp³-hybridized carbons (Fsp3) is 0.364. The largest absolute Gasteiger partial charge is 0.324 e. The van der Waals surface area contributed by atoms with Gasteiger partial charge in [0.15, 0.2) is 0 Å². The molecule has 0 aliphatic heterocycles. The molecule has 16 heavy (non-hydrogen) atoms. The number of carbonyl (C=O) groups excluding carboxylic acids is 1. The van der Waals surface area contributed by atoms with Crippen LogP contribution in [0.5, 0.6) is 0 Å². The maximum atomic E-state index is 11.5. The van der Waals surface area contributed by atoms with Crippen LogP contribution in [-0.4, -0.2) is 19.0 Å². The third-order valence-corrected chi connectivity index (χ3v) is 2.64. The first-order chi connectivity index (χ1) is 7.65. The zero-order valence-electron chi connectivity index (χ0n) is 9.02. The molecule has 88 valence electrons. The first-order valence-corrected chi connectivity index (χ1v) is 5.85. The lowest BCUT2D eigenvalue weighted by atomic mass is 10.3. The standard InChI is InChI=1S/C11H14Cl2N2O/c1-2-14-7-6-10(16)15-11-8(12)4-3-5-9(11)13/h3-5,14H,2,6-7H2,1H3,(H,15,16). The van der Waals surface area contributed by atoms with Crippen LogP contribution in [0.15, 0.2) is 18.2 Å². The van der Waals surface area contributed by atoms with Crippen molar-refractivity contribution in [1.82, 2.24) is 5.32 Å². The van der Waals surface area contributed by atoms with Crippen LogP contribution in [-0.2, 0) is 4.79 Å². The summed E-state index contributed by atoms with van der Waals surface area (Å²) in [5.74, 6) is -0.101. The van der Waals surface area contributed by atoms with Crippen molar-refractivity contribution >= 4 is 34.8 Å². The summed E-state index contributed by atoms with van der Waals surface area (Å²) < 4.78 is 0. The second-order valence-electron chi connectivity index (χ2n) is 3.25. The topological polar surface area (TPSA) is 41.1 Å². The highest BCUT2D eigenvalue weighted by Gasteiger charge is 2.08. The zero-order valence-corrected chi connectivity index (χ0v) is 10.5. The Bertz CT molecular complexity index is 349. The van der Waals surface area contributed by atoms with Gasteiger partial charge < -0.3 is 10.6 Å². The zero-order chi connectivity index (χ0) is 12.0. The summed E-state index contributed by atoms with van der Waals surface area (Å²) in [7, 11) is 0. The molecule has 0 aliphatic rings. The van der Waals surface area contributed by atoms with Gasteiger partial charge in [-0.1, -0.05) is 36.2 Å². The summed E-state index contributed by atoms with van der Waals surface area (Å²) in [5.41, 5.74) is 0.479. The van der Waals surface area contributed by atoms with E-state index >= 15 is 0 Å². The normalized spacial score (nSPS) is 10.2. The van der Waals surface area contributed by atoms with E-state index in [4.69, 9.17) is 23.2 Å². The van der Waals surface area contributed by atoms with Crippen LogP contribution in [0.3, 0.4) is 0 Å². The molecule has 0 fully saturated rings. The number of halogens is 2. The minimum Gasteiger partial charge on any atom is -0.324 e. The van der Waals surface area contributed by atoms with Gasteiger partial charge in [-0.2, -0.15) is 0 Å². The number of hydrogen-bond acceptors (Lipinski definition) is 2. The molecular formula is C11H14Cl2N2O. The van der Waals surface area contributed by atoms with E-state index in [1.807, 2.05) is 6.92 Å². The minimum absolute atomic E-state index is 0.101. The van der Waals surface area contributed by atoms with Crippen molar-refractivity contribution in [3.05, 3.63) is 28.2 Å². The summed E-state index contributed by atoms with van der Waals surface area (Å²) in [5, 5.41) is 6.66. The number of nitrogens with one attached hydrogen (secondary N) is 2. The molecule has 0 aliphatic carbocycles.